The van der Waals surface area contributed by atoms with Gasteiger partial charge in [0.2, 0.25) is 0 Å². The molecule has 0 aliphatic heterocycles. The molecule has 0 bridgehead atoms. The van der Waals surface area contributed by atoms with Crippen molar-refractivity contribution >= 4 is 0 Å². The number of nitrogens with two attached hydrogens (primary N) is 1. The second-order valence-corrected chi connectivity index (χ2v) is 3.25. The van der Waals surface area contributed by atoms with Crippen molar-refractivity contribution in [3.05, 3.63) is 17.5 Å². The smallest absolute Gasteiger partial charge is 0.0780 e. The average molecular weight is 191 g/mol. The van der Waals surface area contributed by atoms with E-state index in [0.717, 1.165) is 30.5 Å². The third kappa shape index (κ3) is 2.90. The fourth-order valence-electron chi connectivity index (χ4n) is 1.29. The molecule has 0 spiro atoms. The first-order valence-corrected chi connectivity index (χ1v) is 4.99. The van der Waals surface area contributed by atoms with E-state index in [1.54, 1.807) is 0 Å². The molecule has 1 rings (SSSR count). The Labute approximate surface area is 85.3 Å². The van der Waals surface area contributed by atoms with Gasteiger partial charge in [-0.05, 0) is 6.42 Å². The van der Waals surface area contributed by atoms with Gasteiger partial charge >= 0.3 is 0 Å². The average Bonchev–Trinajstić information content (AvgIpc) is 2.48. The van der Waals surface area contributed by atoms with Gasteiger partial charge in [0.15, 0.2) is 0 Å². The lowest BCUT2D eigenvalue weighted by atomic mass is 10.1. The molecular formula is C11H17N3. The molecule has 0 aromatic carbocycles. The molecule has 3 nitrogen and oxygen atoms in total. The molecule has 1 aromatic heterocycles. The molecule has 0 aliphatic carbocycles. The largest absolute Gasteiger partial charge is 0.330 e. The first-order chi connectivity index (χ1) is 6.77. The highest BCUT2D eigenvalue weighted by Gasteiger charge is 2.03. The third-order valence-corrected chi connectivity index (χ3v) is 1.88. The molecule has 0 atom stereocenters. The van der Waals surface area contributed by atoms with Crippen molar-refractivity contribution in [2.45, 2.75) is 26.2 Å². The highest BCUT2D eigenvalue weighted by Crippen LogP contribution is 2.06. The number of nitrogens with zero attached hydrogens (tertiary/aromatic N) is 2. The number of hydrogen-bond acceptors (Lipinski definition) is 2. The monoisotopic (exact) mass is 191 g/mol. The van der Waals surface area contributed by atoms with Crippen molar-refractivity contribution in [3.8, 4) is 11.8 Å². The molecule has 76 valence electrons. The van der Waals surface area contributed by atoms with Crippen molar-refractivity contribution in [3.63, 3.8) is 0 Å². The van der Waals surface area contributed by atoms with E-state index >= 15 is 0 Å². The standard InChI is InChI=1S/C11H17N3/c1-3-6-11-10(7-4-5-8-12)9-14(2)13-11/h9H,3,5-6,8,12H2,1-2H3. The lowest BCUT2D eigenvalue weighted by Gasteiger charge is -1.91. The van der Waals surface area contributed by atoms with Crippen LogP contribution in [0.4, 0.5) is 0 Å². The van der Waals surface area contributed by atoms with Crippen LogP contribution in [0.15, 0.2) is 6.20 Å². The van der Waals surface area contributed by atoms with Gasteiger partial charge in [0.1, 0.15) is 0 Å². The van der Waals surface area contributed by atoms with Gasteiger partial charge in [-0.2, -0.15) is 5.10 Å². The summed E-state index contributed by atoms with van der Waals surface area (Å²) in [6, 6.07) is 0. The quantitative estimate of drug-likeness (QED) is 0.726. The highest BCUT2D eigenvalue weighted by atomic mass is 15.2. The Morgan fingerprint density at radius 2 is 2.36 bits per heavy atom. The Morgan fingerprint density at radius 1 is 1.57 bits per heavy atom. The van der Waals surface area contributed by atoms with E-state index in [2.05, 4.69) is 23.9 Å². The van der Waals surface area contributed by atoms with Crippen LogP contribution in [0.25, 0.3) is 0 Å². The summed E-state index contributed by atoms with van der Waals surface area (Å²) in [5.41, 5.74) is 7.51. The van der Waals surface area contributed by atoms with E-state index in [1.165, 1.54) is 0 Å². The Bertz CT molecular complexity index is 341. The SMILES string of the molecule is CCCc1nn(C)cc1C#CCCN. The van der Waals surface area contributed by atoms with Gasteiger partial charge in [-0.3, -0.25) is 4.68 Å². The number of aromatic nitrogens is 2. The van der Waals surface area contributed by atoms with Crippen LogP contribution in [0, 0.1) is 11.8 Å². The van der Waals surface area contributed by atoms with Gasteiger partial charge in [-0.15, -0.1) is 0 Å². The molecule has 0 fully saturated rings. The minimum Gasteiger partial charge on any atom is -0.330 e. The fraction of sp³-hybridized carbons (Fsp3) is 0.545. The Morgan fingerprint density at radius 3 is 3.00 bits per heavy atom. The Hall–Kier alpha value is -1.27. The summed E-state index contributed by atoms with van der Waals surface area (Å²) >= 11 is 0. The summed E-state index contributed by atoms with van der Waals surface area (Å²) in [4.78, 5) is 0. The number of rotatable bonds is 3. The van der Waals surface area contributed by atoms with Gasteiger partial charge in [0.05, 0.1) is 11.3 Å². The third-order valence-electron chi connectivity index (χ3n) is 1.88. The molecule has 1 aromatic rings. The van der Waals surface area contributed by atoms with Crippen molar-refractivity contribution < 1.29 is 0 Å². The second-order valence-electron chi connectivity index (χ2n) is 3.25. The maximum atomic E-state index is 5.37. The Balaban J connectivity index is 2.80. The van der Waals surface area contributed by atoms with Gasteiger partial charge < -0.3 is 5.73 Å². The van der Waals surface area contributed by atoms with E-state index in [-0.39, 0.29) is 0 Å². The van der Waals surface area contributed by atoms with Crippen LogP contribution < -0.4 is 5.73 Å². The molecule has 0 radical (unpaired) electrons. The van der Waals surface area contributed by atoms with E-state index in [4.69, 9.17) is 5.73 Å². The van der Waals surface area contributed by atoms with Crippen LogP contribution >= 0.6 is 0 Å². The van der Waals surface area contributed by atoms with Crippen molar-refractivity contribution in [2.24, 2.45) is 12.8 Å². The predicted molar refractivity (Wildman–Crippen MR) is 57.8 cm³/mol. The molecule has 14 heavy (non-hydrogen) atoms. The van der Waals surface area contributed by atoms with Gasteiger partial charge in [-0.25, -0.2) is 0 Å². The van der Waals surface area contributed by atoms with Crippen molar-refractivity contribution in [2.75, 3.05) is 6.54 Å². The molecule has 3 heteroatoms. The summed E-state index contributed by atoms with van der Waals surface area (Å²) in [7, 11) is 1.92. The van der Waals surface area contributed by atoms with Crippen molar-refractivity contribution in [1.82, 2.24) is 9.78 Å². The lowest BCUT2D eigenvalue weighted by molar-refractivity contribution is 0.733. The maximum absolute atomic E-state index is 5.37. The molecule has 0 saturated carbocycles. The zero-order valence-corrected chi connectivity index (χ0v) is 8.88. The summed E-state index contributed by atoms with van der Waals surface area (Å²) in [5.74, 6) is 6.14. The minimum atomic E-state index is 0.621. The zero-order chi connectivity index (χ0) is 10.4. The van der Waals surface area contributed by atoms with Crippen LogP contribution in [-0.4, -0.2) is 16.3 Å². The first kappa shape index (κ1) is 10.8. The van der Waals surface area contributed by atoms with Gasteiger partial charge in [-0.1, -0.05) is 25.2 Å². The van der Waals surface area contributed by atoms with Crippen LogP contribution in [0.1, 0.15) is 31.0 Å². The van der Waals surface area contributed by atoms with E-state index in [1.807, 2.05) is 17.9 Å². The van der Waals surface area contributed by atoms with Crippen LogP contribution in [0.2, 0.25) is 0 Å². The fourth-order valence-corrected chi connectivity index (χ4v) is 1.29. The molecule has 2 N–H and O–H groups in total. The van der Waals surface area contributed by atoms with Gasteiger partial charge in [0, 0.05) is 26.2 Å². The summed E-state index contributed by atoms with van der Waals surface area (Å²) in [5, 5.41) is 4.36. The van der Waals surface area contributed by atoms with Crippen LogP contribution in [0.5, 0.6) is 0 Å². The minimum absolute atomic E-state index is 0.621. The van der Waals surface area contributed by atoms with Gasteiger partial charge in [0.25, 0.3) is 0 Å². The van der Waals surface area contributed by atoms with Crippen LogP contribution in [-0.2, 0) is 13.5 Å². The normalized spacial score (nSPS) is 9.64. The number of hydrogen-bond donors (Lipinski definition) is 1. The van der Waals surface area contributed by atoms with Crippen molar-refractivity contribution in [1.29, 1.82) is 0 Å². The van der Waals surface area contributed by atoms with E-state index in [0.29, 0.717) is 6.54 Å². The molecule has 0 unspecified atom stereocenters. The van der Waals surface area contributed by atoms with Crippen LogP contribution in [0.3, 0.4) is 0 Å². The molecule has 0 saturated heterocycles. The molecule has 0 aliphatic rings. The molecule has 1 heterocycles. The highest BCUT2D eigenvalue weighted by molar-refractivity contribution is 5.36. The Kier molecular flexibility index (Phi) is 4.21. The van der Waals surface area contributed by atoms with E-state index in [9.17, 15) is 0 Å². The summed E-state index contributed by atoms with van der Waals surface area (Å²) in [6.07, 6.45) is 4.81. The summed E-state index contributed by atoms with van der Waals surface area (Å²) in [6.45, 7) is 2.77. The first-order valence-electron chi connectivity index (χ1n) is 4.99. The molecular weight excluding hydrogens is 174 g/mol. The second kappa shape index (κ2) is 5.46. The zero-order valence-electron chi connectivity index (χ0n) is 8.88. The maximum Gasteiger partial charge on any atom is 0.0780 e. The summed E-state index contributed by atoms with van der Waals surface area (Å²) < 4.78 is 1.82. The number of aryl methyl sites for hydroxylation is 2. The van der Waals surface area contributed by atoms with E-state index < -0.39 is 0 Å². The molecule has 0 amide bonds. The topological polar surface area (TPSA) is 43.8 Å². The predicted octanol–water partition coefficient (Wildman–Crippen LogP) is 1.07. The lowest BCUT2D eigenvalue weighted by Crippen LogP contribution is -1.95.